The lowest BCUT2D eigenvalue weighted by Crippen LogP contribution is -2.28. The Morgan fingerprint density at radius 3 is 2.57 bits per heavy atom. The highest BCUT2D eigenvalue weighted by Crippen LogP contribution is 2.36. The number of amidine groups is 1. The Hall–Kier alpha value is -1.39. The van der Waals surface area contributed by atoms with E-state index >= 15 is 0 Å². The summed E-state index contributed by atoms with van der Waals surface area (Å²) in [5.74, 6) is -0.570. The average Bonchev–Trinajstić information content (AvgIpc) is 2.80. The lowest BCUT2D eigenvalue weighted by molar-refractivity contribution is -0.224. The van der Waals surface area contributed by atoms with Gasteiger partial charge in [0, 0.05) is 18.2 Å². The van der Waals surface area contributed by atoms with E-state index in [9.17, 15) is 0 Å². The van der Waals surface area contributed by atoms with Crippen LogP contribution in [0.2, 0.25) is 0 Å². The van der Waals surface area contributed by atoms with Crippen molar-refractivity contribution in [2.75, 3.05) is 13.7 Å². The number of ether oxygens (including phenoxy) is 2. The molecule has 0 radical (unpaired) electrons. The van der Waals surface area contributed by atoms with Crippen molar-refractivity contribution in [1.29, 1.82) is 0 Å². The Balaban J connectivity index is 1.89. The van der Waals surface area contributed by atoms with Gasteiger partial charge in [-0.15, -0.1) is 0 Å². The molecule has 1 aromatic carbocycles. The molecule has 116 valence electrons. The van der Waals surface area contributed by atoms with Crippen molar-refractivity contribution in [2.45, 2.75) is 51.4 Å². The SMILES string of the molecule is CCCCCCCCOC1(OC)N=C(N)c2ccccc21. The van der Waals surface area contributed by atoms with E-state index in [1.54, 1.807) is 7.11 Å². The molecule has 1 aliphatic rings. The van der Waals surface area contributed by atoms with Gasteiger partial charge in [-0.2, -0.15) is 0 Å². The smallest absolute Gasteiger partial charge is 0.300 e. The Kier molecular flexibility index (Phi) is 5.76. The molecule has 1 aliphatic heterocycles. The number of nitrogens with zero attached hydrogens (tertiary/aromatic N) is 1. The van der Waals surface area contributed by atoms with Crippen molar-refractivity contribution in [1.82, 2.24) is 0 Å². The summed E-state index contributed by atoms with van der Waals surface area (Å²) in [7, 11) is 1.61. The minimum Gasteiger partial charge on any atom is -0.383 e. The molecule has 4 heteroatoms. The Morgan fingerprint density at radius 2 is 1.81 bits per heavy atom. The molecule has 0 bridgehead atoms. The van der Waals surface area contributed by atoms with Crippen molar-refractivity contribution in [2.24, 2.45) is 10.7 Å². The van der Waals surface area contributed by atoms with Gasteiger partial charge in [0.2, 0.25) is 0 Å². The van der Waals surface area contributed by atoms with Gasteiger partial charge in [-0.1, -0.05) is 63.3 Å². The van der Waals surface area contributed by atoms with Crippen LogP contribution in [0.1, 0.15) is 56.6 Å². The monoisotopic (exact) mass is 290 g/mol. The minimum atomic E-state index is -1.05. The highest BCUT2D eigenvalue weighted by Gasteiger charge is 2.40. The predicted molar refractivity (Wildman–Crippen MR) is 85.2 cm³/mol. The maximum atomic E-state index is 5.97. The number of hydrogen-bond donors (Lipinski definition) is 1. The summed E-state index contributed by atoms with van der Waals surface area (Å²) >= 11 is 0. The molecule has 4 nitrogen and oxygen atoms in total. The molecule has 0 amide bonds. The summed E-state index contributed by atoms with van der Waals surface area (Å²) in [4.78, 5) is 4.40. The second kappa shape index (κ2) is 7.57. The first-order valence-corrected chi connectivity index (χ1v) is 7.88. The minimum absolute atomic E-state index is 0.482. The van der Waals surface area contributed by atoms with Crippen molar-refractivity contribution in [3.8, 4) is 0 Å². The molecule has 0 spiro atoms. The fourth-order valence-corrected chi connectivity index (χ4v) is 2.68. The van der Waals surface area contributed by atoms with Gasteiger partial charge in [-0.25, -0.2) is 4.99 Å². The molecule has 2 N–H and O–H groups in total. The standard InChI is InChI=1S/C17H26N2O2/c1-3-4-5-6-7-10-13-21-17(20-2)15-12-9-8-11-14(15)16(18)19-17/h8-9,11-12H,3-7,10,13H2,1-2H3,(H2,18,19). The molecule has 0 aromatic heterocycles. The van der Waals surface area contributed by atoms with Crippen LogP contribution in [0.25, 0.3) is 0 Å². The summed E-state index contributed by atoms with van der Waals surface area (Å²) in [5, 5.41) is 0. The van der Waals surface area contributed by atoms with Crippen molar-refractivity contribution >= 4 is 5.84 Å². The van der Waals surface area contributed by atoms with Gasteiger partial charge in [0.1, 0.15) is 5.84 Å². The summed E-state index contributed by atoms with van der Waals surface area (Å²) < 4.78 is 11.5. The number of aliphatic imine (C=N–C) groups is 1. The molecular formula is C17H26N2O2. The number of benzene rings is 1. The summed E-state index contributed by atoms with van der Waals surface area (Å²) in [6.45, 7) is 2.86. The number of nitrogens with two attached hydrogens (primary N) is 1. The van der Waals surface area contributed by atoms with E-state index < -0.39 is 5.91 Å². The molecular weight excluding hydrogens is 264 g/mol. The van der Waals surface area contributed by atoms with Crippen molar-refractivity contribution in [3.05, 3.63) is 35.4 Å². The second-order valence-electron chi connectivity index (χ2n) is 5.44. The van der Waals surface area contributed by atoms with E-state index in [0.717, 1.165) is 17.5 Å². The van der Waals surface area contributed by atoms with Crippen LogP contribution in [0.15, 0.2) is 29.3 Å². The zero-order valence-electron chi connectivity index (χ0n) is 13.1. The van der Waals surface area contributed by atoms with Gasteiger partial charge in [0.05, 0.1) is 6.61 Å². The van der Waals surface area contributed by atoms with Gasteiger partial charge < -0.3 is 15.2 Å². The lowest BCUT2D eigenvalue weighted by Gasteiger charge is -2.25. The molecule has 2 rings (SSSR count). The maximum Gasteiger partial charge on any atom is 0.300 e. The van der Waals surface area contributed by atoms with E-state index in [-0.39, 0.29) is 0 Å². The number of fused-ring (bicyclic) bond motifs is 1. The third-order valence-corrected chi connectivity index (χ3v) is 3.88. The molecule has 1 atom stereocenters. The van der Waals surface area contributed by atoms with Gasteiger partial charge in [-0.05, 0) is 6.42 Å². The van der Waals surface area contributed by atoms with Crippen LogP contribution < -0.4 is 5.73 Å². The van der Waals surface area contributed by atoms with E-state index in [4.69, 9.17) is 15.2 Å². The maximum absolute atomic E-state index is 5.97. The predicted octanol–water partition coefficient (Wildman–Crippen LogP) is 3.54. The zero-order chi connectivity index (χ0) is 15.1. The molecule has 0 saturated heterocycles. The first-order valence-electron chi connectivity index (χ1n) is 7.88. The number of hydrogen-bond acceptors (Lipinski definition) is 4. The van der Waals surface area contributed by atoms with Crippen LogP contribution in [0.4, 0.5) is 0 Å². The average molecular weight is 290 g/mol. The van der Waals surface area contributed by atoms with Crippen LogP contribution in [0.3, 0.4) is 0 Å². The third kappa shape index (κ3) is 3.63. The Morgan fingerprint density at radius 1 is 1.10 bits per heavy atom. The first kappa shape index (κ1) is 16.0. The first-order chi connectivity index (χ1) is 10.2. The van der Waals surface area contributed by atoms with E-state index in [2.05, 4.69) is 11.9 Å². The highest BCUT2D eigenvalue weighted by molar-refractivity contribution is 6.01. The van der Waals surface area contributed by atoms with Crippen molar-refractivity contribution in [3.63, 3.8) is 0 Å². The number of unbranched alkanes of at least 4 members (excludes halogenated alkanes) is 5. The molecule has 0 aliphatic carbocycles. The molecule has 0 fully saturated rings. The molecule has 21 heavy (non-hydrogen) atoms. The topological polar surface area (TPSA) is 56.8 Å². The van der Waals surface area contributed by atoms with Crippen LogP contribution in [-0.2, 0) is 15.4 Å². The van der Waals surface area contributed by atoms with E-state index in [0.29, 0.717) is 12.4 Å². The normalized spacial score (nSPS) is 20.4. The zero-order valence-corrected chi connectivity index (χ0v) is 13.1. The fourth-order valence-electron chi connectivity index (χ4n) is 2.68. The van der Waals surface area contributed by atoms with Crippen molar-refractivity contribution < 1.29 is 9.47 Å². The van der Waals surface area contributed by atoms with E-state index in [1.807, 2.05) is 24.3 Å². The van der Waals surface area contributed by atoms with E-state index in [1.165, 1.54) is 32.1 Å². The molecule has 1 unspecified atom stereocenters. The van der Waals surface area contributed by atoms with Crippen LogP contribution in [-0.4, -0.2) is 19.6 Å². The molecule has 1 heterocycles. The van der Waals surface area contributed by atoms with Crippen LogP contribution in [0, 0.1) is 0 Å². The summed E-state index contributed by atoms with van der Waals surface area (Å²) in [6.07, 6.45) is 7.36. The van der Waals surface area contributed by atoms with Gasteiger partial charge >= 0.3 is 0 Å². The fraction of sp³-hybridized carbons (Fsp3) is 0.588. The van der Waals surface area contributed by atoms with Gasteiger partial charge in [0.25, 0.3) is 5.91 Å². The molecule has 1 aromatic rings. The quantitative estimate of drug-likeness (QED) is 0.559. The summed E-state index contributed by atoms with van der Waals surface area (Å²) in [6, 6.07) is 7.81. The largest absolute Gasteiger partial charge is 0.383 e. The summed E-state index contributed by atoms with van der Waals surface area (Å²) in [5.41, 5.74) is 7.78. The van der Waals surface area contributed by atoms with Gasteiger partial charge in [0.15, 0.2) is 0 Å². The van der Waals surface area contributed by atoms with Crippen LogP contribution in [0.5, 0.6) is 0 Å². The number of methoxy groups -OCH3 is 1. The Labute approximate surface area is 127 Å². The number of rotatable bonds is 9. The van der Waals surface area contributed by atoms with Gasteiger partial charge in [-0.3, -0.25) is 0 Å². The Bertz CT molecular complexity index is 487. The highest BCUT2D eigenvalue weighted by atomic mass is 16.7. The third-order valence-electron chi connectivity index (χ3n) is 3.88. The molecule has 0 saturated carbocycles. The second-order valence-corrected chi connectivity index (χ2v) is 5.44. The lowest BCUT2D eigenvalue weighted by atomic mass is 10.1. The van der Waals surface area contributed by atoms with Crippen LogP contribution >= 0.6 is 0 Å².